The maximum absolute atomic E-state index is 12.8. The summed E-state index contributed by atoms with van der Waals surface area (Å²) in [5.74, 6) is 1.22. The van der Waals surface area contributed by atoms with Crippen LogP contribution in [0.4, 0.5) is 0 Å². The molecular formula is C24H26N4O3S. The van der Waals surface area contributed by atoms with Gasteiger partial charge in [0.15, 0.2) is 0 Å². The highest BCUT2D eigenvalue weighted by Gasteiger charge is 2.18. The number of piperidine rings is 1. The van der Waals surface area contributed by atoms with E-state index in [-0.39, 0.29) is 11.8 Å². The minimum atomic E-state index is -0.189. The van der Waals surface area contributed by atoms with Crippen molar-refractivity contribution in [2.45, 2.75) is 43.5 Å². The van der Waals surface area contributed by atoms with Crippen LogP contribution in [0.5, 0.6) is 0 Å². The average molecular weight is 451 g/mol. The van der Waals surface area contributed by atoms with E-state index in [0.717, 1.165) is 42.9 Å². The second-order valence-corrected chi connectivity index (χ2v) is 8.77. The summed E-state index contributed by atoms with van der Waals surface area (Å²) >= 11 is 1.45. The zero-order chi connectivity index (χ0) is 22.3. The van der Waals surface area contributed by atoms with Crippen LogP contribution in [0.25, 0.3) is 0 Å². The van der Waals surface area contributed by atoms with Gasteiger partial charge in [-0.1, -0.05) is 29.1 Å². The molecule has 0 saturated carbocycles. The molecule has 0 aliphatic carbocycles. The number of nitrogens with zero attached hydrogens (tertiary/aromatic N) is 3. The maximum atomic E-state index is 12.8. The second kappa shape index (κ2) is 10.5. The molecule has 4 rings (SSSR count). The van der Waals surface area contributed by atoms with Crippen molar-refractivity contribution < 1.29 is 14.1 Å². The Kier molecular flexibility index (Phi) is 7.21. The highest BCUT2D eigenvalue weighted by atomic mass is 32.2. The molecule has 1 aliphatic heterocycles. The van der Waals surface area contributed by atoms with Gasteiger partial charge in [-0.3, -0.25) is 9.59 Å². The van der Waals surface area contributed by atoms with Gasteiger partial charge >= 0.3 is 0 Å². The van der Waals surface area contributed by atoms with Crippen LogP contribution in [0, 0.1) is 6.92 Å². The van der Waals surface area contributed by atoms with E-state index in [1.165, 1.54) is 18.2 Å². The van der Waals surface area contributed by atoms with Gasteiger partial charge in [0.05, 0.1) is 11.3 Å². The molecule has 1 aliphatic rings. The number of rotatable bonds is 7. The lowest BCUT2D eigenvalue weighted by Crippen LogP contribution is -2.35. The number of pyridine rings is 1. The van der Waals surface area contributed by atoms with E-state index in [0.29, 0.717) is 28.5 Å². The zero-order valence-corrected chi connectivity index (χ0v) is 18.9. The van der Waals surface area contributed by atoms with Crippen LogP contribution >= 0.6 is 11.8 Å². The first-order valence-corrected chi connectivity index (χ1v) is 11.7. The van der Waals surface area contributed by atoms with Crippen molar-refractivity contribution in [3.05, 3.63) is 76.8 Å². The topological polar surface area (TPSA) is 88.3 Å². The van der Waals surface area contributed by atoms with Crippen molar-refractivity contribution in [3.63, 3.8) is 0 Å². The smallest absolute Gasteiger partial charge is 0.254 e. The molecule has 0 bridgehead atoms. The zero-order valence-electron chi connectivity index (χ0n) is 18.0. The monoisotopic (exact) mass is 450 g/mol. The third-order valence-corrected chi connectivity index (χ3v) is 6.39. The lowest BCUT2D eigenvalue weighted by molar-refractivity contribution is 0.0724. The Bertz CT molecular complexity index is 1070. The van der Waals surface area contributed by atoms with E-state index in [1.54, 1.807) is 18.3 Å². The van der Waals surface area contributed by atoms with Crippen molar-refractivity contribution in [1.82, 2.24) is 20.4 Å². The van der Waals surface area contributed by atoms with E-state index >= 15 is 0 Å². The van der Waals surface area contributed by atoms with Crippen molar-refractivity contribution in [2.24, 2.45) is 0 Å². The Morgan fingerprint density at radius 3 is 2.62 bits per heavy atom. The number of benzene rings is 1. The molecule has 7 nitrogen and oxygen atoms in total. The predicted molar refractivity (Wildman–Crippen MR) is 122 cm³/mol. The normalized spacial score (nSPS) is 13.7. The average Bonchev–Trinajstić information content (AvgIpc) is 3.27. The summed E-state index contributed by atoms with van der Waals surface area (Å²) in [7, 11) is 0. The fourth-order valence-electron chi connectivity index (χ4n) is 3.63. The van der Waals surface area contributed by atoms with Crippen LogP contribution < -0.4 is 5.32 Å². The molecule has 3 heterocycles. The van der Waals surface area contributed by atoms with Crippen LogP contribution in [0.3, 0.4) is 0 Å². The van der Waals surface area contributed by atoms with Gasteiger partial charge < -0.3 is 14.7 Å². The summed E-state index contributed by atoms with van der Waals surface area (Å²) in [6, 6.07) is 12.8. The lowest BCUT2D eigenvalue weighted by Gasteiger charge is -2.26. The van der Waals surface area contributed by atoms with E-state index in [9.17, 15) is 9.59 Å². The number of aryl methyl sites for hydroxylation is 1. The van der Waals surface area contributed by atoms with Gasteiger partial charge in [-0.25, -0.2) is 4.98 Å². The number of carbonyl (C=O) groups is 2. The summed E-state index contributed by atoms with van der Waals surface area (Å²) in [6.07, 6.45) is 5.01. The first-order chi connectivity index (χ1) is 15.6. The predicted octanol–water partition coefficient (Wildman–Crippen LogP) is 4.23. The number of likely N-dealkylation sites (tertiary alicyclic amines) is 1. The van der Waals surface area contributed by atoms with Crippen molar-refractivity contribution >= 4 is 23.6 Å². The minimum absolute atomic E-state index is 0.0830. The van der Waals surface area contributed by atoms with Gasteiger partial charge in [0, 0.05) is 43.2 Å². The molecule has 0 spiro atoms. The van der Waals surface area contributed by atoms with Crippen molar-refractivity contribution in [2.75, 3.05) is 13.1 Å². The maximum Gasteiger partial charge on any atom is 0.254 e. The molecule has 1 aromatic carbocycles. The number of aromatic nitrogens is 2. The fraction of sp³-hybridized carbons (Fsp3) is 0.333. The number of hydrogen-bond acceptors (Lipinski definition) is 6. The Hall–Kier alpha value is -3.13. The van der Waals surface area contributed by atoms with E-state index in [2.05, 4.69) is 15.5 Å². The largest absolute Gasteiger partial charge is 0.361 e. The molecule has 1 N–H and O–H groups in total. The third-order valence-electron chi connectivity index (χ3n) is 5.35. The van der Waals surface area contributed by atoms with Crippen LogP contribution in [0.1, 0.15) is 57.0 Å². The Morgan fingerprint density at radius 1 is 1.12 bits per heavy atom. The van der Waals surface area contributed by atoms with Crippen LogP contribution in [0.15, 0.2) is 58.2 Å². The number of nitrogens with one attached hydrogen (secondary N) is 1. The molecule has 166 valence electrons. The standard InChI is InChI=1S/C24H26N4O3S/c1-17-14-20(27-31-17)16-32-23-21(6-5-11-25-23)22(29)26-15-18-7-9-19(10-8-18)24(30)28-12-3-2-4-13-28/h5-11,14H,2-4,12-13,15-16H2,1H3,(H,26,29). The van der Waals surface area contributed by atoms with Crippen LogP contribution in [0.2, 0.25) is 0 Å². The van der Waals surface area contributed by atoms with Gasteiger partial charge in [0.25, 0.3) is 11.8 Å². The molecule has 0 unspecified atom stereocenters. The second-order valence-electron chi connectivity index (χ2n) is 7.81. The fourth-order valence-corrected chi connectivity index (χ4v) is 4.50. The molecule has 2 amide bonds. The molecule has 3 aromatic rings. The van der Waals surface area contributed by atoms with Gasteiger partial charge in [0.2, 0.25) is 0 Å². The highest BCUT2D eigenvalue weighted by Crippen LogP contribution is 2.24. The number of amides is 2. The highest BCUT2D eigenvalue weighted by molar-refractivity contribution is 7.98. The summed E-state index contributed by atoms with van der Waals surface area (Å²) < 4.78 is 5.09. The summed E-state index contributed by atoms with van der Waals surface area (Å²) in [4.78, 5) is 31.7. The Balaban J connectivity index is 1.34. The molecule has 1 saturated heterocycles. The molecule has 2 aromatic heterocycles. The first-order valence-electron chi connectivity index (χ1n) is 10.8. The summed E-state index contributed by atoms with van der Waals surface area (Å²) in [5.41, 5.74) is 2.96. The molecule has 8 heteroatoms. The van der Waals surface area contributed by atoms with E-state index in [1.807, 2.05) is 42.2 Å². The van der Waals surface area contributed by atoms with Gasteiger partial charge in [-0.2, -0.15) is 0 Å². The third kappa shape index (κ3) is 5.56. The molecular weight excluding hydrogens is 424 g/mol. The van der Waals surface area contributed by atoms with E-state index in [4.69, 9.17) is 4.52 Å². The number of hydrogen-bond donors (Lipinski definition) is 1. The summed E-state index contributed by atoms with van der Waals surface area (Å²) in [5, 5.41) is 7.57. The number of thioether (sulfide) groups is 1. The minimum Gasteiger partial charge on any atom is -0.361 e. The Morgan fingerprint density at radius 2 is 1.91 bits per heavy atom. The van der Waals surface area contributed by atoms with E-state index < -0.39 is 0 Å². The number of carbonyl (C=O) groups excluding carboxylic acids is 2. The summed E-state index contributed by atoms with van der Waals surface area (Å²) in [6.45, 7) is 3.88. The van der Waals surface area contributed by atoms with Gasteiger partial charge in [-0.15, -0.1) is 0 Å². The van der Waals surface area contributed by atoms with Gasteiger partial charge in [-0.05, 0) is 56.0 Å². The SMILES string of the molecule is Cc1cc(CSc2ncccc2C(=O)NCc2ccc(C(=O)N3CCCCC3)cc2)no1. The molecule has 0 radical (unpaired) electrons. The Labute approximate surface area is 191 Å². The van der Waals surface area contributed by atoms with Crippen molar-refractivity contribution in [3.8, 4) is 0 Å². The molecule has 32 heavy (non-hydrogen) atoms. The molecule has 1 fully saturated rings. The lowest BCUT2D eigenvalue weighted by atomic mass is 10.1. The molecule has 0 atom stereocenters. The quantitative estimate of drug-likeness (QED) is 0.542. The van der Waals surface area contributed by atoms with Crippen LogP contribution in [-0.2, 0) is 12.3 Å². The van der Waals surface area contributed by atoms with Crippen molar-refractivity contribution in [1.29, 1.82) is 0 Å². The van der Waals surface area contributed by atoms with Gasteiger partial charge in [0.1, 0.15) is 10.8 Å². The first kappa shape index (κ1) is 22.1. The van der Waals surface area contributed by atoms with Crippen LogP contribution in [-0.4, -0.2) is 39.9 Å².